The average Bonchev–Trinajstić information content (AvgIpc) is 2.39. The molecule has 0 aromatic heterocycles. The number of carbonyl (C=O) groups excluding carboxylic acids is 1. The molecule has 0 amide bonds. The molecule has 2 rings (SSSR count). The summed E-state index contributed by atoms with van der Waals surface area (Å²) >= 11 is 0. The monoisotopic (exact) mass is 238 g/mol. The molecule has 0 aliphatic rings. The Morgan fingerprint density at radius 2 is 1.67 bits per heavy atom. The third-order valence-corrected chi connectivity index (χ3v) is 3.01. The Morgan fingerprint density at radius 3 is 2.33 bits per heavy atom. The molecule has 0 N–H and O–H groups in total. The third-order valence-electron chi connectivity index (χ3n) is 3.01. The summed E-state index contributed by atoms with van der Waals surface area (Å²) in [6, 6.07) is 15.7. The number of aryl methyl sites for hydroxylation is 2. The lowest BCUT2D eigenvalue weighted by molar-refractivity contribution is 0.103. The van der Waals surface area contributed by atoms with Crippen molar-refractivity contribution in [2.24, 2.45) is 0 Å². The molecule has 1 heteroatoms. The van der Waals surface area contributed by atoms with Crippen molar-refractivity contribution in [1.29, 1.82) is 0 Å². The van der Waals surface area contributed by atoms with Crippen LogP contribution in [0.3, 0.4) is 0 Å². The number of hydrogen-bond acceptors (Lipinski definition) is 1. The second kappa shape index (κ2) is 5.63. The Morgan fingerprint density at radius 1 is 1.00 bits per heavy atom. The molecule has 0 radical (unpaired) electrons. The number of carbonyl (C=O) groups is 1. The summed E-state index contributed by atoms with van der Waals surface area (Å²) in [6.07, 6.45) is 2.12. The van der Waals surface area contributed by atoms with Crippen molar-refractivity contribution in [1.82, 2.24) is 0 Å². The van der Waals surface area contributed by atoms with Crippen LogP contribution in [0.5, 0.6) is 0 Å². The van der Waals surface area contributed by atoms with Crippen LogP contribution in [0.4, 0.5) is 0 Å². The first-order valence-electron chi connectivity index (χ1n) is 6.41. The maximum Gasteiger partial charge on any atom is 0.193 e. The molecule has 0 unspecified atom stereocenters. The normalized spacial score (nSPS) is 10.3. The van der Waals surface area contributed by atoms with Gasteiger partial charge in [-0.15, -0.1) is 0 Å². The number of ketones is 1. The van der Waals surface area contributed by atoms with Gasteiger partial charge in [-0.3, -0.25) is 4.79 Å². The molecule has 0 spiro atoms. The Kier molecular flexibility index (Phi) is 3.93. The fourth-order valence-electron chi connectivity index (χ4n) is 2.11. The van der Waals surface area contributed by atoms with Gasteiger partial charge in [-0.1, -0.05) is 55.3 Å². The summed E-state index contributed by atoms with van der Waals surface area (Å²) in [4.78, 5) is 12.4. The van der Waals surface area contributed by atoms with E-state index in [-0.39, 0.29) is 5.78 Å². The molecular weight excluding hydrogens is 220 g/mol. The zero-order chi connectivity index (χ0) is 13.0. The smallest absolute Gasteiger partial charge is 0.193 e. The second-order valence-corrected chi connectivity index (χ2v) is 4.65. The molecule has 0 heterocycles. The minimum absolute atomic E-state index is 0.108. The van der Waals surface area contributed by atoms with Crippen LogP contribution in [-0.4, -0.2) is 5.78 Å². The number of rotatable bonds is 4. The Bertz CT molecular complexity index is 555. The van der Waals surface area contributed by atoms with E-state index in [2.05, 4.69) is 13.0 Å². The van der Waals surface area contributed by atoms with Crippen molar-refractivity contribution in [2.45, 2.75) is 26.7 Å². The van der Waals surface area contributed by atoms with Crippen LogP contribution in [0.1, 0.15) is 40.4 Å². The van der Waals surface area contributed by atoms with Crippen molar-refractivity contribution in [2.75, 3.05) is 0 Å². The largest absolute Gasteiger partial charge is 0.289 e. The van der Waals surface area contributed by atoms with Crippen LogP contribution in [-0.2, 0) is 6.42 Å². The molecule has 0 saturated heterocycles. The topological polar surface area (TPSA) is 17.1 Å². The van der Waals surface area contributed by atoms with Crippen LogP contribution in [0.15, 0.2) is 48.5 Å². The zero-order valence-electron chi connectivity index (χ0n) is 10.9. The molecule has 0 bridgehead atoms. The van der Waals surface area contributed by atoms with Gasteiger partial charge in [-0.2, -0.15) is 0 Å². The lowest BCUT2D eigenvalue weighted by Crippen LogP contribution is -2.02. The molecule has 2 aromatic carbocycles. The summed E-state index contributed by atoms with van der Waals surface area (Å²) in [5.41, 5.74) is 3.90. The van der Waals surface area contributed by atoms with Gasteiger partial charge in [0.05, 0.1) is 0 Å². The van der Waals surface area contributed by atoms with E-state index in [9.17, 15) is 4.79 Å². The molecule has 92 valence electrons. The highest BCUT2D eigenvalue weighted by atomic mass is 16.1. The van der Waals surface area contributed by atoms with Gasteiger partial charge in [0, 0.05) is 11.1 Å². The Hall–Kier alpha value is -1.89. The molecule has 0 atom stereocenters. The minimum Gasteiger partial charge on any atom is -0.289 e. The predicted octanol–water partition coefficient (Wildman–Crippen LogP) is 4.18. The van der Waals surface area contributed by atoms with Crippen LogP contribution in [0.2, 0.25) is 0 Å². The number of benzene rings is 2. The van der Waals surface area contributed by atoms with E-state index < -0.39 is 0 Å². The molecule has 0 aliphatic heterocycles. The van der Waals surface area contributed by atoms with Gasteiger partial charge in [0.15, 0.2) is 5.78 Å². The highest BCUT2D eigenvalue weighted by molar-refractivity contribution is 6.09. The van der Waals surface area contributed by atoms with E-state index in [0.29, 0.717) is 0 Å². The zero-order valence-corrected chi connectivity index (χ0v) is 10.9. The van der Waals surface area contributed by atoms with Crippen molar-refractivity contribution in [3.8, 4) is 0 Å². The first-order valence-corrected chi connectivity index (χ1v) is 6.41. The SMILES string of the molecule is CCCc1cccc(C(=O)c2cccc(C)c2)c1. The molecule has 18 heavy (non-hydrogen) atoms. The van der Waals surface area contributed by atoms with Crippen LogP contribution >= 0.6 is 0 Å². The fraction of sp³-hybridized carbons (Fsp3) is 0.235. The highest BCUT2D eigenvalue weighted by Gasteiger charge is 2.09. The first kappa shape index (κ1) is 12.6. The maximum atomic E-state index is 12.4. The van der Waals surface area contributed by atoms with Gasteiger partial charge in [0.1, 0.15) is 0 Å². The third kappa shape index (κ3) is 2.86. The standard InChI is InChI=1S/C17H18O/c1-3-6-14-8-5-10-16(12-14)17(18)15-9-4-7-13(2)11-15/h4-5,7-12H,3,6H2,1-2H3. The van der Waals surface area contributed by atoms with E-state index in [1.807, 2.05) is 49.4 Å². The van der Waals surface area contributed by atoms with E-state index in [1.165, 1.54) is 5.56 Å². The summed E-state index contributed by atoms with van der Waals surface area (Å²) in [7, 11) is 0. The van der Waals surface area contributed by atoms with E-state index in [4.69, 9.17) is 0 Å². The van der Waals surface area contributed by atoms with Gasteiger partial charge in [0.2, 0.25) is 0 Å². The van der Waals surface area contributed by atoms with E-state index in [1.54, 1.807) is 0 Å². The van der Waals surface area contributed by atoms with E-state index >= 15 is 0 Å². The predicted molar refractivity (Wildman–Crippen MR) is 75.0 cm³/mol. The van der Waals surface area contributed by atoms with Gasteiger partial charge in [0.25, 0.3) is 0 Å². The van der Waals surface area contributed by atoms with Crippen LogP contribution in [0.25, 0.3) is 0 Å². The molecule has 0 aliphatic carbocycles. The van der Waals surface area contributed by atoms with Gasteiger partial charge < -0.3 is 0 Å². The van der Waals surface area contributed by atoms with Crippen molar-refractivity contribution in [3.05, 3.63) is 70.8 Å². The van der Waals surface area contributed by atoms with Crippen molar-refractivity contribution < 1.29 is 4.79 Å². The van der Waals surface area contributed by atoms with E-state index in [0.717, 1.165) is 29.5 Å². The minimum atomic E-state index is 0.108. The van der Waals surface area contributed by atoms with Crippen molar-refractivity contribution in [3.63, 3.8) is 0 Å². The molecule has 0 saturated carbocycles. The number of hydrogen-bond donors (Lipinski definition) is 0. The Balaban J connectivity index is 2.31. The van der Waals surface area contributed by atoms with Gasteiger partial charge in [-0.05, 0) is 31.0 Å². The summed E-state index contributed by atoms with van der Waals surface area (Å²) in [5.74, 6) is 0.108. The molecule has 0 fully saturated rings. The first-order chi connectivity index (χ1) is 8.70. The quantitative estimate of drug-likeness (QED) is 0.730. The molecule has 2 aromatic rings. The van der Waals surface area contributed by atoms with Gasteiger partial charge >= 0.3 is 0 Å². The van der Waals surface area contributed by atoms with Crippen molar-refractivity contribution >= 4 is 5.78 Å². The fourth-order valence-corrected chi connectivity index (χ4v) is 2.11. The average molecular weight is 238 g/mol. The molecule has 1 nitrogen and oxygen atoms in total. The van der Waals surface area contributed by atoms with Gasteiger partial charge in [-0.25, -0.2) is 0 Å². The molecular formula is C17H18O. The lowest BCUT2D eigenvalue weighted by atomic mass is 9.99. The summed E-state index contributed by atoms with van der Waals surface area (Å²) in [6.45, 7) is 4.15. The van der Waals surface area contributed by atoms with Crippen LogP contribution in [0, 0.1) is 6.92 Å². The Labute approximate surface area is 108 Å². The summed E-state index contributed by atoms with van der Waals surface area (Å²) in [5, 5.41) is 0. The van der Waals surface area contributed by atoms with Crippen LogP contribution < -0.4 is 0 Å². The summed E-state index contributed by atoms with van der Waals surface area (Å²) < 4.78 is 0. The second-order valence-electron chi connectivity index (χ2n) is 4.65. The maximum absolute atomic E-state index is 12.4. The lowest BCUT2D eigenvalue weighted by Gasteiger charge is -2.05. The highest BCUT2D eigenvalue weighted by Crippen LogP contribution is 2.14.